The normalized spacial score (nSPS) is 19.4. The third kappa shape index (κ3) is 4.21. The number of para-hydroxylation sites is 1. The Morgan fingerprint density at radius 2 is 2.07 bits per heavy atom. The number of methoxy groups -OCH3 is 1. The molecule has 8 heteroatoms. The van der Waals surface area contributed by atoms with E-state index in [-0.39, 0.29) is 24.2 Å². The van der Waals surface area contributed by atoms with Crippen LogP contribution >= 0.6 is 0 Å². The Morgan fingerprint density at radius 3 is 2.86 bits per heavy atom. The van der Waals surface area contributed by atoms with Gasteiger partial charge in [0.1, 0.15) is 11.7 Å². The molecule has 0 bridgehead atoms. The van der Waals surface area contributed by atoms with Crippen molar-refractivity contribution in [1.82, 2.24) is 14.9 Å². The van der Waals surface area contributed by atoms with Gasteiger partial charge in [-0.15, -0.1) is 0 Å². The van der Waals surface area contributed by atoms with Crippen molar-refractivity contribution in [2.75, 3.05) is 26.8 Å². The first-order valence-electron chi connectivity index (χ1n) is 9.68. The fourth-order valence-electron chi connectivity index (χ4n) is 3.67. The Morgan fingerprint density at radius 1 is 1.28 bits per heavy atom. The van der Waals surface area contributed by atoms with Crippen molar-refractivity contribution in [2.45, 2.75) is 38.4 Å². The summed E-state index contributed by atoms with van der Waals surface area (Å²) in [6, 6.07) is 5.79. The molecule has 0 saturated carbocycles. The maximum Gasteiger partial charge on any atom is 0.278 e. The highest BCUT2D eigenvalue weighted by Gasteiger charge is 2.33. The first-order valence-corrected chi connectivity index (χ1v) is 9.68. The maximum atomic E-state index is 12.6. The van der Waals surface area contributed by atoms with Crippen LogP contribution in [-0.4, -0.2) is 59.3 Å². The average Bonchev–Trinajstić information content (AvgIpc) is 3.29. The lowest BCUT2D eigenvalue weighted by molar-refractivity contribution is -0.132. The van der Waals surface area contributed by atoms with Crippen molar-refractivity contribution in [1.29, 1.82) is 0 Å². The van der Waals surface area contributed by atoms with E-state index < -0.39 is 0 Å². The predicted molar refractivity (Wildman–Crippen MR) is 105 cm³/mol. The van der Waals surface area contributed by atoms with E-state index in [0.29, 0.717) is 37.0 Å². The second kappa shape index (κ2) is 7.77. The number of carbonyl (C=O) groups excluding carboxylic acids is 1. The number of rotatable bonds is 6. The summed E-state index contributed by atoms with van der Waals surface area (Å²) < 4.78 is 22.8. The van der Waals surface area contributed by atoms with Crippen LogP contribution in [0.4, 0.5) is 0 Å². The Kier molecular flexibility index (Phi) is 5.17. The highest BCUT2D eigenvalue weighted by Crippen LogP contribution is 2.41. The Bertz CT molecular complexity index is 902. The second-order valence-electron chi connectivity index (χ2n) is 7.81. The Hall–Kier alpha value is -3.03. The van der Waals surface area contributed by atoms with Gasteiger partial charge in [0.05, 0.1) is 13.7 Å². The van der Waals surface area contributed by atoms with E-state index in [1.165, 1.54) is 7.11 Å². The summed E-state index contributed by atoms with van der Waals surface area (Å²) in [5.41, 5.74) is 0.847. The molecule has 0 aliphatic carbocycles. The predicted octanol–water partition coefficient (Wildman–Crippen LogP) is 2.26. The molecule has 0 radical (unpaired) electrons. The minimum atomic E-state index is -0.257. The third-order valence-corrected chi connectivity index (χ3v) is 5.01. The van der Waals surface area contributed by atoms with E-state index in [0.717, 1.165) is 17.7 Å². The highest BCUT2D eigenvalue weighted by molar-refractivity contribution is 5.78. The minimum absolute atomic E-state index is 0.0403. The van der Waals surface area contributed by atoms with Gasteiger partial charge in [0.2, 0.25) is 0 Å². The molecule has 1 atom stereocenters. The van der Waals surface area contributed by atoms with Crippen molar-refractivity contribution >= 4 is 5.91 Å². The Balaban J connectivity index is 1.32. The zero-order valence-electron chi connectivity index (χ0n) is 16.9. The summed E-state index contributed by atoms with van der Waals surface area (Å²) in [6.45, 7) is 5.11. The molecule has 2 aromatic rings. The molecule has 29 heavy (non-hydrogen) atoms. The Labute approximate surface area is 169 Å². The largest absolute Gasteiger partial charge is 0.483 e. The minimum Gasteiger partial charge on any atom is -0.483 e. The van der Waals surface area contributed by atoms with Crippen LogP contribution in [0.1, 0.15) is 25.8 Å². The molecule has 154 valence electrons. The number of hydrogen-bond acceptors (Lipinski definition) is 7. The van der Waals surface area contributed by atoms with Gasteiger partial charge in [-0.1, -0.05) is 12.1 Å². The van der Waals surface area contributed by atoms with E-state index in [9.17, 15) is 4.79 Å². The molecule has 4 rings (SSSR count). The SMILES string of the molecule is COc1nccnc1OC1CCN(C(=O)COc2cccc3c2OC(C)(C)C3)C1. The van der Waals surface area contributed by atoms with Gasteiger partial charge in [-0.05, 0) is 19.9 Å². The van der Waals surface area contributed by atoms with Crippen molar-refractivity contribution in [2.24, 2.45) is 0 Å². The number of amides is 1. The molecule has 1 aromatic carbocycles. The molecule has 8 nitrogen and oxygen atoms in total. The number of benzene rings is 1. The van der Waals surface area contributed by atoms with E-state index in [4.69, 9.17) is 18.9 Å². The molecule has 3 heterocycles. The van der Waals surface area contributed by atoms with Crippen LogP contribution in [0.25, 0.3) is 0 Å². The molecular formula is C21H25N3O5. The number of fused-ring (bicyclic) bond motifs is 1. The summed E-state index contributed by atoms with van der Waals surface area (Å²) in [5, 5.41) is 0. The number of ether oxygens (including phenoxy) is 4. The van der Waals surface area contributed by atoms with E-state index in [2.05, 4.69) is 9.97 Å². The van der Waals surface area contributed by atoms with Gasteiger partial charge in [0.15, 0.2) is 18.1 Å². The molecule has 1 fully saturated rings. The van der Waals surface area contributed by atoms with Gasteiger partial charge >= 0.3 is 0 Å². The van der Waals surface area contributed by atoms with E-state index >= 15 is 0 Å². The molecule has 0 spiro atoms. The molecular weight excluding hydrogens is 374 g/mol. The van der Waals surface area contributed by atoms with Crippen molar-refractivity contribution in [3.8, 4) is 23.3 Å². The number of aromatic nitrogens is 2. The molecule has 1 aromatic heterocycles. The van der Waals surface area contributed by atoms with Crippen LogP contribution in [-0.2, 0) is 11.2 Å². The zero-order valence-corrected chi connectivity index (χ0v) is 16.9. The molecule has 1 unspecified atom stereocenters. The summed E-state index contributed by atoms with van der Waals surface area (Å²) in [6.07, 6.45) is 4.47. The standard InChI is InChI=1S/C21H25N3O5/c1-21(2)11-14-5-4-6-16(18(14)29-21)27-13-17(25)24-10-7-15(12-24)28-20-19(26-3)22-8-9-23-20/h4-6,8-9,15H,7,10-13H2,1-3H3. The topological polar surface area (TPSA) is 83.0 Å². The van der Waals surface area contributed by atoms with Crippen LogP contribution in [0.2, 0.25) is 0 Å². The number of likely N-dealkylation sites (tertiary alicyclic amines) is 1. The summed E-state index contributed by atoms with van der Waals surface area (Å²) in [7, 11) is 1.52. The third-order valence-electron chi connectivity index (χ3n) is 5.01. The lowest BCUT2D eigenvalue weighted by atomic mass is 10.0. The van der Waals surface area contributed by atoms with Gasteiger partial charge in [0.25, 0.3) is 17.7 Å². The van der Waals surface area contributed by atoms with E-state index in [1.807, 2.05) is 32.0 Å². The van der Waals surface area contributed by atoms with Gasteiger partial charge in [-0.2, -0.15) is 0 Å². The van der Waals surface area contributed by atoms with Crippen molar-refractivity contribution in [3.63, 3.8) is 0 Å². The quantitative estimate of drug-likeness (QED) is 0.737. The first kappa shape index (κ1) is 19.3. The fourth-order valence-corrected chi connectivity index (χ4v) is 3.67. The van der Waals surface area contributed by atoms with Crippen LogP contribution in [0.15, 0.2) is 30.6 Å². The first-order chi connectivity index (χ1) is 13.9. The van der Waals surface area contributed by atoms with Gasteiger partial charge in [-0.3, -0.25) is 4.79 Å². The van der Waals surface area contributed by atoms with Crippen LogP contribution < -0.4 is 18.9 Å². The molecule has 1 saturated heterocycles. The summed E-state index contributed by atoms with van der Waals surface area (Å²) in [4.78, 5) is 22.6. The van der Waals surface area contributed by atoms with Gasteiger partial charge < -0.3 is 23.8 Å². The zero-order chi connectivity index (χ0) is 20.4. The second-order valence-corrected chi connectivity index (χ2v) is 7.81. The lowest BCUT2D eigenvalue weighted by Gasteiger charge is -2.19. The van der Waals surface area contributed by atoms with Crippen LogP contribution in [0, 0.1) is 0 Å². The molecule has 0 N–H and O–H groups in total. The van der Waals surface area contributed by atoms with Crippen LogP contribution in [0.5, 0.6) is 23.3 Å². The van der Waals surface area contributed by atoms with Gasteiger partial charge in [0, 0.05) is 37.3 Å². The number of hydrogen-bond donors (Lipinski definition) is 0. The molecule has 2 aliphatic rings. The monoisotopic (exact) mass is 399 g/mol. The van der Waals surface area contributed by atoms with Crippen LogP contribution in [0.3, 0.4) is 0 Å². The van der Waals surface area contributed by atoms with E-state index in [1.54, 1.807) is 17.3 Å². The van der Waals surface area contributed by atoms with Crippen molar-refractivity contribution in [3.05, 3.63) is 36.2 Å². The average molecular weight is 399 g/mol. The molecule has 1 amide bonds. The van der Waals surface area contributed by atoms with Crippen molar-refractivity contribution < 1.29 is 23.7 Å². The smallest absolute Gasteiger partial charge is 0.278 e. The lowest BCUT2D eigenvalue weighted by Crippen LogP contribution is -2.34. The molecule has 2 aliphatic heterocycles. The maximum absolute atomic E-state index is 12.6. The number of carbonyl (C=O) groups is 1. The summed E-state index contributed by atoms with van der Waals surface area (Å²) in [5.74, 6) is 1.93. The fraction of sp³-hybridized carbons (Fsp3) is 0.476. The number of nitrogens with zero attached hydrogens (tertiary/aromatic N) is 3. The summed E-state index contributed by atoms with van der Waals surface area (Å²) >= 11 is 0. The highest BCUT2D eigenvalue weighted by atomic mass is 16.5. The van der Waals surface area contributed by atoms with Gasteiger partial charge in [-0.25, -0.2) is 9.97 Å².